The number of hydrogen-bond acceptors (Lipinski definition) is 3. The summed E-state index contributed by atoms with van der Waals surface area (Å²) < 4.78 is 0. The maximum absolute atomic E-state index is 11.4. The predicted octanol–water partition coefficient (Wildman–Crippen LogP) is 1.64. The zero-order valence-corrected chi connectivity index (χ0v) is 9.34. The minimum atomic E-state index is 0.232. The van der Waals surface area contributed by atoms with Gasteiger partial charge in [-0.05, 0) is 0 Å². The molecule has 0 bridgehead atoms. The summed E-state index contributed by atoms with van der Waals surface area (Å²) in [4.78, 5) is 18.7. The van der Waals surface area contributed by atoms with Crippen molar-refractivity contribution < 1.29 is 4.79 Å². The lowest BCUT2D eigenvalue weighted by Gasteiger charge is -2.13. The quantitative estimate of drug-likeness (QED) is 0.758. The van der Waals surface area contributed by atoms with Gasteiger partial charge in [-0.15, -0.1) is 11.3 Å². The summed E-state index contributed by atoms with van der Waals surface area (Å²) in [6, 6.07) is 0. The molecule has 2 rings (SSSR count). The molecule has 70 valence electrons. The highest BCUT2D eigenvalue weighted by atomic mass is 79.9. The van der Waals surface area contributed by atoms with E-state index < -0.39 is 0 Å². The number of thiazole rings is 1. The number of nitrogens with zero attached hydrogens (tertiary/aromatic N) is 2. The van der Waals surface area contributed by atoms with Crippen LogP contribution >= 0.6 is 27.3 Å². The highest BCUT2D eigenvalue weighted by molar-refractivity contribution is 9.09. The summed E-state index contributed by atoms with van der Waals surface area (Å²) in [5, 5.41) is 0. The van der Waals surface area contributed by atoms with Crippen LogP contribution in [0.25, 0.3) is 0 Å². The number of carbonyl (C=O) groups excluding carboxylic acids is 1. The lowest BCUT2D eigenvalue weighted by Crippen LogP contribution is -2.24. The molecule has 1 saturated heterocycles. The number of likely N-dealkylation sites (tertiary alicyclic amines) is 1. The third-order valence-electron chi connectivity index (χ3n) is 2.00. The Morgan fingerprint density at radius 1 is 1.77 bits per heavy atom. The van der Waals surface area contributed by atoms with Crippen molar-refractivity contribution in [1.82, 2.24) is 9.88 Å². The molecule has 0 radical (unpaired) electrons. The average Bonchev–Trinajstić information content (AvgIpc) is 2.63. The second-order valence-corrected chi connectivity index (χ2v) is 5.31. The van der Waals surface area contributed by atoms with Gasteiger partial charge in [-0.2, -0.15) is 0 Å². The van der Waals surface area contributed by atoms with Crippen molar-refractivity contribution in [2.24, 2.45) is 0 Å². The Hall–Kier alpha value is -0.420. The smallest absolute Gasteiger partial charge is 0.224 e. The van der Waals surface area contributed by atoms with Gasteiger partial charge in [0.1, 0.15) is 0 Å². The van der Waals surface area contributed by atoms with E-state index in [-0.39, 0.29) is 5.91 Å². The highest BCUT2D eigenvalue weighted by Gasteiger charge is 2.27. The molecular weight excluding hydrogens is 252 g/mol. The Kier molecular flexibility index (Phi) is 2.64. The maximum atomic E-state index is 11.4. The first kappa shape index (κ1) is 9.15. The zero-order chi connectivity index (χ0) is 9.26. The van der Waals surface area contributed by atoms with Crippen molar-refractivity contribution in [3.63, 3.8) is 0 Å². The van der Waals surface area contributed by atoms with Gasteiger partial charge in [0.05, 0.1) is 12.1 Å². The van der Waals surface area contributed by atoms with Crippen molar-refractivity contribution in [3.05, 3.63) is 16.6 Å². The summed E-state index contributed by atoms with van der Waals surface area (Å²) in [5.74, 6) is 0.232. The Bertz CT molecular complexity index is 301. The van der Waals surface area contributed by atoms with Crippen molar-refractivity contribution in [2.45, 2.75) is 17.8 Å². The molecule has 0 spiro atoms. The SMILES string of the molecule is O=C1CC(Br)CN1Cc1cncs1. The first-order valence-electron chi connectivity index (χ1n) is 4.05. The normalized spacial score (nSPS) is 22.7. The highest BCUT2D eigenvalue weighted by Crippen LogP contribution is 2.21. The fourth-order valence-electron chi connectivity index (χ4n) is 1.39. The van der Waals surface area contributed by atoms with E-state index in [2.05, 4.69) is 20.9 Å². The maximum Gasteiger partial charge on any atom is 0.224 e. The lowest BCUT2D eigenvalue weighted by molar-refractivity contribution is -0.128. The molecule has 0 aromatic carbocycles. The summed E-state index contributed by atoms with van der Waals surface area (Å²) >= 11 is 5.04. The summed E-state index contributed by atoms with van der Waals surface area (Å²) in [6.45, 7) is 1.53. The largest absolute Gasteiger partial charge is 0.336 e. The number of amides is 1. The van der Waals surface area contributed by atoms with Gasteiger partial charge < -0.3 is 4.90 Å². The fraction of sp³-hybridized carbons (Fsp3) is 0.500. The second kappa shape index (κ2) is 3.75. The number of aromatic nitrogens is 1. The van der Waals surface area contributed by atoms with E-state index >= 15 is 0 Å². The van der Waals surface area contributed by atoms with Gasteiger partial charge in [-0.25, -0.2) is 0 Å². The summed E-state index contributed by atoms with van der Waals surface area (Å²) in [6.07, 6.45) is 2.44. The van der Waals surface area contributed by atoms with Crippen molar-refractivity contribution in [3.8, 4) is 0 Å². The molecule has 1 unspecified atom stereocenters. The van der Waals surface area contributed by atoms with Crippen molar-refractivity contribution >= 4 is 33.2 Å². The van der Waals surface area contributed by atoms with Crippen LogP contribution in [0.5, 0.6) is 0 Å². The molecule has 0 N–H and O–H groups in total. The molecule has 1 aliphatic heterocycles. The van der Waals surface area contributed by atoms with Crippen LogP contribution in [0, 0.1) is 0 Å². The number of rotatable bonds is 2. The minimum absolute atomic E-state index is 0.232. The van der Waals surface area contributed by atoms with E-state index in [4.69, 9.17) is 0 Å². The first-order valence-corrected chi connectivity index (χ1v) is 5.84. The molecular formula is C8H9BrN2OS. The van der Waals surface area contributed by atoms with Crippen LogP contribution in [-0.2, 0) is 11.3 Å². The van der Waals surface area contributed by atoms with Crippen LogP contribution < -0.4 is 0 Å². The third kappa shape index (κ3) is 2.08. The van der Waals surface area contributed by atoms with Crippen LogP contribution in [0.3, 0.4) is 0 Å². The van der Waals surface area contributed by atoms with E-state index in [1.807, 2.05) is 11.1 Å². The molecule has 0 saturated carbocycles. The Morgan fingerprint density at radius 2 is 2.62 bits per heavy atom. The predicted molar refractivity (Wildman–Crippen MR) is 54.9 cm³/mol. The molecule has 1 amide bonds. The number of hydrogen-bond donors (Lipinski definition) is 0. The standard InChI is InChI=1S/C8H9BrN2OS/c9-6-1-8(12)11(3-6)4-7-2-10-5-13-7/h2,5-6H,1,3-4H2. The van der Waals surface area contributed by atoms with Gasteiger partial charge in [0.15, 0.2) is 0 Å². The van der Waals surface area contributed by atoms with Crippen molar-refractivity contribution in [2.75, 3.05) is 6.54 Å². The molecule has 13 heavy (non-hydrogen) atoms. The number of carbonyl (C=O) groups is 1. The van der Waals surface area contributed by atoms with Gasteiger partial charge >= 0.3 is 0 Å². The zero-order valence-electron chi connectivity index (χ0n) is 6.94. The average molecular weight is 261 g/mol. The molecule has 2 heterocycles. The van der Waals surface area contributed by atoms with Crippen LogP contribution in [0.4, 0.5) is 0 Å². The monoisotopic (exact) mass is 260 g/mol. The van der Waals surface area contributed by atoms with Gasteiger partial charge in [0.2, 0.25) is 5.91 Å². The molecule has 1 fully saturated rings. The van der Waals surface area contributed by atoms with E-state index in [1.54, 1.807) is 16.8 Å². The molecule has 1 aromatic rings. The fourth-order valence-corrected chi connectivity index (χ4v) is 2.62. The molecule has 1 aromatic heterocycles. The van der Waals surface area contributed by atoms with E-state index in [0.29, 0.717) is 17.8 Å². The Balaban J connectivity index is 1.99. The molecule has 5 heteroatoms. The second-order valence-electron chi connectivity index (χ2n) is 3.04. The first-order chi connectivity index (χ1) is 6.25. The van der Waals surface area contributed by atoms with Crippen LogP contribution in [-0.4, -0.2) is 27.2 Å². The lowest BCUT2D eigenvalue weighted by atomic mass is 10.4. The Morgan fingerprint density at radius 3 is 3.15 bits per heavy atom. The number of alkyl halides is 1. The van der Waals surface area contributed by atoms with Gasteiger partial charge in [-0.1, -0.05) is 15.9 Å². The van der Waals surface area contributed by atoms with Gasteiger partial charge in [-0.3, -0.25) is 9.78 Å². The third-order valence-corrected chi connectivity index (χ3v) is 3.38. The molecule has 1 aliphatic rings. The van der Waals surface area contributed by atoms with E-state index in [0.717, 1.165) is 11.4 Å². The van der Waals surface area contributed by atoms with E-state index in [9.17, 15) is 4.79 Å². The molecule has 1 atom stereocenters. The topological polar surface area (TPSA) is 33.2 Å². The van der Waals surface area contributed by atoms with Crippen LogP contribution in [0.2, 0.25) is 0 Å². The van der Waals surface area contributed by atoms with Gasteiger partial charge in [0.25, 0.3) is 0 Å². The minimum Gasteiger partial charge on any atom is -0.336 e. The van der Waals surface area contributed by atoms with Crippen molar-refractivity contribution in [1.29, 1.82) is 0 Å². The summed E-state index contributed by atoms with van der Waals surface area (Å²) in [7, 11) is 0. The molecule has 0 aliphatic carbocycles. The van der Waals surface area contributed by atoms with Crippen LogP contribution in [0.1, 0.15) is 11.3 Å². The van der Waals surface area contributed by atoms with Crippen LogP contribution in [0.15, 0.2) is 11.7 Å². The molecule has 3 nitrogen and oxygen atoms in total. The Labute approximate surface area is 88.9 Å². The summed E-state index contributed by atoms with van der Waals surface area (Å²) in [5.41, 5.74) is 1.79. The van der Waals surface area contributed by atoms with E-state index in [1.165, 1.54) is 0 Å². The van der Waals surface area contributed by atoms with Gasteiger partial charge in [0, 0.05) is 28.9 Å². The number of halogens is 1.